The Morgan fingerprint density at radius 1 is 1.24 bits per heavy atom. The molecule has 0 spiro atoms. The molecule has 4 heteroatoms. The van der Waals surface area contributed by atoms with Crippen LogP contribution < -0.4 is 10.6 Å². The molecule has 1 amide bonds. The van der Waals surface area contributed by atoms with E-state index in [0.717, 1.165) is 31.4 Å². The zero-order chi connectivity index (χ0) is 14.7. The highest BCUT2D eigenvalue weighted by Crippen LogP contribution is 2.28. The van der Waals surface area contributed by atoms with Crippen molar-refractivity contribution in [2.24, 2.45) is 11.7 Å². The summed E-state index contributed by atoms with van der Waals surface area (Å²) >= 11 is 0. The molecule has 0 heterocycles. The van der Waals surface area contributed by atoms with Crippen LogP contribution in [0.15, 0.2) is 18.2 Å². The van der Waals surface area contributed by atoms with Gasteiger partial charge in [-0.25, -0.2) is 0 Å². The first-order chi connectivity index (χ1) is 9.51. The smallest absolute Gasteiger partial charge is 0.230 e. The predicted octanol–water partition coefficient (Wildman–Crippen LogP) is 3.60. The van der Waals surface area contributed by atoms with Crippen molar-refractivity contribution in [3.8, 4) is 0 Å². The molecular weight excluding hydrogens is 284 g/mol. The van der Waals surface area contributed by atoms with Gasteiger partial charge in [0.2, 0.25) is 5.91 Å². The molecule has 1 fully saturated rings. The second-order valence-electron chi connectivity index (χ2n) is 6.05. The van der Waals surface area contributed by atoms with E-state index in [0.29, 0.717) is 6.54 Å². The average molecular weight is 311 g/mol. The number of benzene rings is 1. The summed E-state index contributed by atoms with van der Waals surface area (Å²) in [7, 11) is 0. The maximum atomic E-state index is 12.8. The van der Waals surface area contributed by atoms with E-state index in [1.54, 1.807) is 0 Å². The van der Waals surface area contributed by atoms with E-state index in [2.05, 4.69) is 32.0 Å². The molecule has 3 nitrogen and oxygen atoms in total. The highest BCUT2D eigenvalue weighted by Gasteiger charge is 2.29. The van der Waals surface area contributed by atoms with Crippen molar-refractivity contribution in [1.82, 2.24) is 0 Å². The minimum absolute atomic E-state index is 0. The summed E-state index contributed by atoms with van der Waals surface area (Å²) in [4.78, 5) is 14.7. The zero-order valence-electron chi connectivity index (χ0n) is 13.3. The lowest BCUT2D eigenvalue weighted by Gasteiger charge is -2.31. The highest BCUT2D eigenvalue weighted by atomic mass is 35.5. The third kappa shape index (κ3) is 4.45. The molecule has 0 bridgehead atoms. The van der Waals surface area contributed by atoms with Gasteiger partial charge in [0.1, 0.15) is 0 Å². The maximum absolute atomic E-state index is 12.8. The molecule has 21 heavy (non-hydrogen) atoms. The number of carbonyl (C=O) groups excluding carboxylic acids is 1. The Bertz CT molecular complexity index is 469. The van der Waals surface area contributed by atoms with Crippen LogP contribution in [0.4, 0.5) is 5.69 Å². The monoisotopic (exact) mass is 310 g/mol. The third-order valence-electron chi connectivity index (χ3n) is 4.16. The molecule has 118 valence electrons. The Morgan fingerprint density at radius 3 is 2.38 bits per heavy atom. The molecule has 1 aromatic carbocycles. The summed E-state index contributed by atoms with van der Waals surface area (Å²) < 4.78 is 0. The lowest BCUT2D eigenvalue weighted by atomic mass is 9.85. The molecule has 1 aromatic rings. The van der Waals surface area contributed by atoms with Crippen molar-refractivity contribution >= 4 is 24.0 Å². The van der Waals surface area contributed by atoms with Gasteiger partial charge in [0.25, 0.3) is 0 Å². The van der Waals surface area contributed by atoms with Crippen molar-refractivity contribution in [1.29, 1.82) is 0 Å². The second kappa shape index (κ2) is 7.81. The largest absolute Gasteiger partial charge is 0.328 e. The molecular formula is C17H27ClN2O. The second-order valence-corrected chi connectivity index (χ2v) is 6.05. The van der Waals surface area contributed by atoms with Gasteiger partial charge in [-0.2, -0.15) is 0 Å². The average Bonchev–Trinajstić information content (AvgIpc) is 2.38. The number of nitrogens with zero attached hydrogens (tertiary/aromatic N) is 1. The van der Waals surface area contributed by atoms with E-state index in [4.69, 9.17) is 5.73 Å². The number of carbonyl (C=O) groups is 1. The third-order valence-corrected chi connectivity index (χ3v) is 4.16. The minimum atomic E-state index is 0. The van der Waals surface area contributed by atoms with Crippen LogP contribution >= 0.6 is 12.4 Å². The van der Waals surface area contributed by atoms with Crippen LogP contribution in [-0.4, -0.2) is 18.5 Å². The molecule has 2 N–H and O–H groups in total. The standard InChI is InChI=1S/C17H26N2O.ClH/c1-4-19(16-9-12(2)8-13(3)10-16)17(20)14-6-5-7-15(18)11-14;/h8-10,14-15H,4-7,11,18H2,1-3H3;1H. The van der Waals surface area contributed by atoms with E-state index in [1.165, 1.54) is 11.1 Å². The van der Waals surface area contributed by atoms with Gasteiger partial charge in [0, 0.05) is 24.2 Å². The fraction of sp³-hybridized carbons (Fsp3) is 0.588. The van der Waals surface area contributed by atoms with Gasteiger partial charge in [0.05, 0.1) is 0 Å². The van der Waals surface area contributed by atoms with Crippen molar-refractivity contribution in [3.05, 3.63) is 29.3 Å². The highest BCUT2D eigenvalue weighted by molar-refractivity contribution is 5.95. The molecule has 0 aromatic heterocycles. The van der Waals surface area contributed by atoms with Crippen molar-refractivity contribution in [2.45, 2.75) is 52.5 Å². The van der Waals surface area contributed by atoms with Gasteiger partial charge in [-0.15, -0.1) is 12.4 Å². The molecule has 1 aliphatic rings. The maximum Gasteiger partial charge on any atom is 0.230 e. The summed E-state index contributed by atoms with van der Waals surface area (Å²) in [6, 6.07) is 6.52. The van der Waals surface area contributed by atoms with E-state index < -0.39 is 0 Å². The van der Waals surface area contributed by atoms with Gasteiger partial charge in [-0.05, 0) is 63.3 Å². The van der Waals surface area contributed by atoms with E-state index in [1.807, 2.05) is 11.8 Å². The molecule has 2 atom stereocenters. The van der Waals surface area contributed by atoms with Gasteiger partial charge < -0.3 is 10.6 Å². The van der Waals surface area contributed by atoms with Crippen molar-refractivity contribution in [2.75, 3.05) is 11.4 Å². The van der Waals surface area contributed by atoms with Crippen molar-refractivity contribution in [3.63, 3.8) is 0 Å². The molecule has 1 aliphatic carbocycles. The molecule has 2 unspecified atom stereocenters. The number of amides is 1. The number of halogens is 1. The van der Waals surface area contributed by atoms with Crippen LogP contribution in [0.25, 0.3) is 0 Å². The summed E-state index contributed by atoms with van der Waals surface area (Å²) in [6.07, 6.45) is 3.94. The van der Waals surface area contributed by atoms with Crippen LogP contribution in [0.3, 0.4) is 0 Å². The number of rotatable bonds is 3. The Kier molecular flexibility index (Phi) is 6.69. The predicted molar refractivity (Wildman–Crippen MR) is 91.1 cm³/mol. The van der Waals surface area contributed by atoms with Gasteiger partial charge in [-0.3, -0.25) is 4.79 Å². The minimum Gasteiger partial charge on any atom is -0.328 e. The van der Waals surface area contributed by atoms with E-state index in [-0.39, 0.29) is 30.3 Å². The Morgan fingerprint density at radius 2 is 1.86 bits per heavy atom. The van der Waals surface area contributed by atoms with Crippen LogP contribution in [0.1, 0.15) is 43.7 Å². The Balaban J connectivity index is 0.00000220. The first kappa shape index (κ1) is 18.0. The number of nitrogens with two attached hydrogens (primary N) is 1. The van der Waals surface area contributed by atoms with Crippen molar-refractivity contribution < 1.29 is 4.79 Å². The first-order valence-electron chi connectivity index (χ1n) is 7.66. The molecule has 0 aliphatic heterocycles. The SMILES string of the molecule is CCN(C(=O)C1CCCC(N)C1)c1cc(C)cc(C)c1.Cl. The van der Waals surface area contributed by atoms with Gasteiger partial charge >= 0.3 is 0 Å². The van der Waals surface area contributed by atoms with Crippen LogP contribution in [0.5, 0.6) is 0 Å². The molecule has 0 saturated heterocycles. The molecule has 0 radical (unpaired) electrons. The van der Waals surface area contributed by atoms with E-state index >= 15 is 0 Å². The zero-order valence-corrected chi connectivity index (χ0v) is 14.1. The summed E-state index contributed by atoms with van der Waals surface area (Å²) in [5.74, 6) is 0.340. The number of hydrogen-bond donors (Lipinski definition) is 1. The fourth-order valence-electron chi connectivity index (χ4n) is 3.24. The van der Waals surface area contributed by atoms with Crippen LogP contribution in [0.2, 0.25) is 0 Å². The van der Waals surface area contributed by atoms with Crippen LogP contribution in [-0.2, 0) is 4.79 Å². The number of aryl methyl sites for hydroxylation is 2. The lowest BCUT2D eigenvalue weighted by molar-refractivity contribution is -0.123. The lowest BCUT2D eigenvalue weighted by Crippen LogP contribution is -2.40. The van der Waals surface area contributed by atoms with Gasteiger partial charge in [-0.1, -0.05) is 12.5 Å². The number of anilines is 1. The van der Waals surface area contributed by atoms with E-state index in [9.17, 15) is 4.79 Å². The normalized spacial score (nSPS) is 21.5. The van der Waals surface area contributed by atoms with Crippen LogP contribution in [0, 0.1) is 19.8 Å². The Labute approximate surface area is 134 Å². The molecule has 1 saturated carbocycles. The quantitative estimate of drug-likeness (QED) is 0.927. The summed E-state index contributed by atoms with van der Waals surface area (Å²) in [6.45, 7) is 6.91. The summed E-state index contributed by atoms with van der Waals surface area (Å²) in [5.41, 5.74) is 9.44. The van der Waals surface area contributed by atoms with Gasteiger partial charge in [0.15, 0.2) is 0 Å². The Hall–Kier alpha value is -1.06. The summed E-state index contributed by atoms with van der Waals surface area (Å²) in [5, 5.41) is 0. The molecule has 2 rings (SSSR count). The topological polar surface area (TPSA) is 46.3 Å². The fourth-order valence-corrected chi connectivity index (χ4v) is 3.24. The first-order valence-corrected chi connectivity index (χ1v) is 7.66. The number of hydrogen-bond acceptors (Lipinski definition) is 2.